The van der Waals surface area contributed by atoms with Gasteiger partial charge in [0.2, 0.25) is 5.95 Å². The molecule has 0 aliphatic heterocycles. The number of hydrogen-bond acceptors (Lipinski definition) is 5. The van der Waals surface area contributed by atoms with Crippen molar-refractivity contribution in [3.05, 3.63) is 45.1 Å². The Bertz CT molecular complexity index is 682. The van der Waals surface area contributed by atoms with Gasteiger partial charge in [-0.25, -0.2) is 4.98 Å². The molecule has 0 bridgehead atoms. The minimum absolute atomic E-state index is 0.554. The Morgan fingerprint density at radius 3 is 2.78 bits per heavy atom. The maximum atomic E-state index is 4.41. The fourth-order valence-electron chi connectivity index (χ4n) is 1.57. The molecule has 0 saturated heterocycles. The predicted molar refractivity (Wildman–Crippen MR) is 76.7 cm³/mol. The van der Waals surface area contributed by atoms with E-state index in [2.05, 4.69) is 47.9 Å². The van der Waals surface area contributed by atoms with E-state index in [0.717, 1.165) is 15.5 Å². The van der Waals surface area contributed by atoms with Gasteiger partial charge in [0.1, 0.15) is 5.52 Å². The normalized spacial score (nSPS) is 10.7. The van der Waals surface area contributed by atoms with Crippen molar-refractivity contribution in [2.24, 2.45) is 0 Å². The molecule has 0 unspecified atom stereocenters. The minimum atomic E-state index is 0.554. The molecule has 0 aliphatic rings. The van der Waals surface area contributed by atoms with Crippen molar-refractivity contribution in [1.29, 1.82) is 0 Å². The van der Waals surface area contributed by atoms with Crippen LogP contribution in [-0.4, -0.2) is 15.2 Å². The van der Waals surface area contributed by atoms with Crippen LogP contribution in [0.15, 0.2) is 40.2 Å². The minimum Gasteiger partial charge on any atom is -0.348 e. The van der Waals surface area contributed by atoms with Crippen LogP contribution in [0.1, 0.15) is 4.88 Å². The highest BCUT2D eigenvalue weighted by molar-refractivity contribution is 9.10. The molecule has 0 amide bonds. The van der Waals surface area contributed by atoms with Gasteiger partial charge in [0.15, 0.2) is 0 Å². The Morgan fingerprint density at radius 1 is 1.17 bits per heavy atom. The van der Waals surface area contributed by atoms with E-state index in [9.17, 15) is 0 Å². The molecule has 4 nitrogen and oxygen atoms in total. The lowest BCUT2D eigenvalue weighted by molar-refractivity contribution is 0.990. The molecule has 0 radical (unpaired) electrons. The lowest BCUT2D eigenvalue weighted by Crippen LogP contribution is -2.03. The van der Waals surface area contributed by atoms with Crippen molar-refractivity contribution in [1.82, 2.24) is 15.2 Å². The van der Waals surface area contributed by atoms with E-state index in [4.69, 9.17) is 0 Å². The molecule has 0 saturated carbocycles. The Labute approximate surface area is 116 Å². The van der Waals surface area contributed by atoms with Gasteiger partial charge in [-0.1, -0.05) is 12.1 Å². The number of thiophene rings is 1. The van der Waals surface area contributed by atoms with Crippen LogP contribution in [0.3, 0.4) is 0 Å². The Balaban J connectivity index is 1.78. The highest BCUT2D eigenvalue weighted by Gasteiger charge is 2.02. The highest BCUT2D eigenvalue weighted by atomic mass is 79.9. The summed E-state index contributed by atoms with van der Waals surface area (Å²) in [6.45, 7) is 0.705. The van der Waals surface area contributed by atoms with Crippen molar-refractivity contribution in [3.8, 4) is 0 Å². The van der Waals surface area contributed by atoms with Crippen molar-refractivity contribution < 1.29 is 0 Å². The second kappa shape index (κ2) is 4.99. The molecule has 90 valence electrons. The first-order valence-corrected chi connectivity index (χ1v) is 7.05. The average Bonchev–Trinajstić information content (AvgIpc) is 2.82. The summed E-state index contributed by atoms with van der Waals surface area (Å²) in [5, 5.41) is 13.4. The van der Waals surface area contributed by atoms with Gasteiger partial charge in [-0.3, -0.25) is 0 Å². The standard InChI is InChI=1S/C12H9BrN4S/c13-8-5-9(18-7-8)6-14-12-15-10-3-1-2-4-11(10)16-17-12/h1-5,7H,6H2,(H,14,15,17). The number of anilines is 1. The number of aromatic nitrogens is 3. The Morgan fingerprint density at radius 2 is 2.00 bits per heavy atom. The molecule has 6 heteroatoms. The molecule has 18 heavy (non-hydrogen) atoms. The molecule has 0 spiro atoms. The summed E-state index contributed by atoms with van der Waals surface area (Å²) >= 11 is 5.12. The van der Waals surface area contributed by atoms with E-state index < -0.39 is 0 Å². The molecule has 1 aromatic carbocycles. The van der Waals surface area contributed by atoms with Gasteiger partial charge in [-0.2, -0.15) is 0 Å². The maximum Gasteiger partial charge on any atom is 0.243 e. The third-order valence-electron chi connectivity index (χ3n) is 2.40. The molecule has 2 heterocycles. The summed E-state index contributed by atoms with van der Waals surface area (Å²) in [6.07, 6.45) is 0. The van der Waals surface area contributed by atoms with Crippen LogP contribution in [0.25, 0.3) is 11.0 Å². The summed E-state index contributed by atoms with van der Waals surface area (Å²) < 4.78 is 1.10. The third-order valence-corrected chi connectivity index (χ3v) is 4.10. The van der Waals surface area contributed by atoms with Gasteiger partial charge in [0, 0.05) is 14.7 Å². The fourth-order valence-corrected chi connectivity index (χ4v) is 2.96. The van der Waals surface area contributed by atoms with Crippen molar-refractivity contribution in [3.63, 3.8) is 0 Å². The molecular weight excluding hydrogens is 312 g/mol. The van der Waals surface area contributed by atoms with E-state index in [0.29, 0.717) is 12.5 Å². The van der Waals surface area contributed by atoms with Crippen LogP contribution >= 0.6 is 27.3 Å². The second-order valence-electron chi connectivity index (χ2n) is 3.71. The number of fused-ring (bicyclic) bond motifs is 1. The first-order chi connectivity index (χ1) is 8.81. The average molecular weight is 321 g/mol. The molecule has 3 rings (SSSR count). The van der Waals surface area contributed by atoms with Crippen LogP contribution in [0.4, 0.5) is 5.95 Å². The predicted octanol–water partition coefficient (Wildman–Crippen LogP) is 3.46. The zero-order valence-corrected chi connectivity index (χ0v) is 11.7. The quantitative estimate of drug-likeness (QED) is 0.803. The topological polar surface area (TPSA) is 50.7 Å². The number of para-hydroxylation sites is 1. The number of hydrogen-bond donors (Lipinski definition) is 1. The fraction of sp³-hybridized carbons (Fsp3) is 0.0833. The van der Waals surface area contributed by atoms with E-state index in [1.54, 1.807) is 11.3 Å². The Kier molecular flexibility index (Phi) is 3.21. The number of rotatable bonds is 3. The summed E-state index contributed by atoms with van der Waals surface area (Å²) in [4.78, 5) is 5.63. The summed E-state index contributed by atoms with van der Waals surface area (Å²) in [5.74, 6) is 0.554. The number of benzene rings is 1. The smallest absolute Gasteiger partial charge is 0.243 e. The lowest BCUT2D eigenvalue weighted by Gasteiger charge is -2.02. The first-order valence-electron chi connectivity index (χ1n) is 5.37. The summed E-state index contributed by atoms with van der Waals surface area (Å²) in [6, 6.07) is 9.77. The zero-order chi connectivity index (χ0) is 12.4. The number of nitrogens with one attached hydrogen (secondary N) is 1. The molecule has 0 atom stereocenters. The van der Waals surface area contributed by atoms with Gasteiger partial charge in [0.25, 0.3) is 0 Å². The first kappa shape index (κ1) is 11.6. The maximum absolute atomic E-state index is 4.41. The van der Waals surface area contributed by atoms with Crippen molar-refractivity contribution in [2.45, 2.75) is 6.54 Å². The number of halogens is 1. The van der Waals surface area contributed by atoms with Crippen LogP contribution in [0.5, 0.6) is 0 Å². The van der Waals surface area contributed by atoms with Gasteiger partial charge in [-0.15, -0.1) is 21.5 Å². The molecule has 3 aromatic rings. The SMILES string of the molecule is Brc1csc(CNc2nnc3ccccc3n2)c1. The van der Waals surface area contributed by atoms with Crippen LogP contribution in [0, 0.1) is 0 Å². The summed E-state index contributed by atoms with van der Waals surface area (Å²) in [7, 11) is 0. The molecule has 0 aliphatic carbocycles. The largest absolute Gasteiger partial charge is 0.348 e. The van der Waals surface area contributed by atoms with E-state index in [1.165, 1.54) is 4.88 Å². The monoisotopic (exact) mass is 320 g/mol. The molecule has 1 N–H and O–H groups in total. The van der Waals surface area contributed by atoms with E-state index in [1.807, 2.05) is 24.3 Å². The van der Waals surface area contributed by atoms with Crippen molar-refractivity contribution in [2.75, 3.05) is 5.32 Å². The molecular formula is C12H9BrN4S. The lowest BCUT2D eigenvalue weighted by atomic mass is 10.3. The number of nitrogens with zero attached hydrogens (tertiary/aromatic N) is 3. The second-order valence-corrected chi connectivity index (χ2v) is 5.62. The van der Waals surface area contributed by atoms with E-state index >= 15 is 0 Å². The van der Waals surface area contributed by atoms with Gasteiger partial charge in [-0.05, 0) is 34.1 Å². The highest BCUT2D eigenvalue weighted by Crippen LogP contribution is 2.20. The van der Waals surface area contributed by atoms with Crippen LogP contribution in [0.2, 0.25) is 0 Å². The Hall–Kier alpha value is -1.53. The van der Waals surface area contributed by atoms with E-state index in [-0.39, 0.29) is 0 Å². The zero-order valence-electron chi connectivity index (χ0n) is 9.30. The van der Waals surface area contributed by atoms with Crippen molar-refractivity contribution >= 4 is 44.2 Å². The van der Waals surface area contributed by atoms with Crippen LogP contribution in [-0.2, 0) is 6.54 Å². The molecule has 2 aromatic heterocycles. The van der Waals surface area contributed by atoms with Gasteiger partial charge in [0.05, 0.1) is 12.1 Å². The summed E-state index contributed by atoms with van der Waals surface area (Å²) in [5.41, 5.74) is 1.66. The third kappa shape index (κ3) is 2.49. The molecule has 0 fully saturated rings. The van der Waals surface area contributed by atoms with Gasteiger partial charge < -0.3 is 5.32 Å². The van der Waals surface area contributed by atoms with Crippen LogP contribution < -0.4 is 5.32 Å². The van der Waals surface area contributed by atoms with Gasteiger partial charge >= 0.3 is 0 Å².